The van der Waals surface area contributed by atoms with E-state index in [2.05, 4.69) is 5.32 Å². The maximum atomic E-state index is 12.6. The Morgan fingerprint density at radius 3 is 2.20 bits per heavy atom. The number of carbonyl (C=O) groups is 2. The number of carbonyl (C=O) groups excluding carboxylic acids is 2. The molecule has 1 aliphatic rings. The Bertz CT molecular complexity index is 626. The summed E-state index contributed by atoms with van der Waals surface area (Å²) in [6, 6.07) is 5.10. The smallest absolute Gasteiger partial charge is 0.317 e. The van der Waals surface area contributed by atoms with Gasteiger partial charge in [0, 0.05) is 37.8 Å². The molecule has 0 radical (unpaired) electrons. The molecular formula is C18H26ClN3O3. The number of urea groups is 1. The number of halogens is 1. The minimum Gasteiger partial charge on any atom is -0.489 e. The van der Waals surface area contributed by atoms with E-state index in [1.54, 1.807) is 28.0 Å². The van der Waals surface area contributed by atoms with Crippen molar-refractivity contribution in [1.29, 1.82) is 0 Å². The highest BCUT2D eigenvalue weighted by molar-refractivity contribution is 6.32. The maximum Gasteiger partial charge on any atom is 0.317 e. The summed E-state index contributed by atoms with van der Waals surface area (Å²) in [7, 11) is 0. The van der Waals surface area contributed by atoms with E-state index >= 15 is 0 Å². The average molecular weight is 368 g/mol. The Morgan fingerprint density at radius 2 is 1.68 bits per heavy atom. The quantitative estimate of drug-likeness (QED) is 0.889. The standard InChI is InChI=1S/C18H26ClN3O3/c1-12(2)20-18(24)22-9-7-21(8-10-22)17(23)14-5-6-16(15(19)11-14)25-13(3)4/h5-6,11-13H,7-10H2,1-4H3,(H,20,24). The van der Waals surface area contributed by atoms with Gasteiger partial charge in [0.25, 0.3) is 5.91 Å². The predicted octanol–water partition coefficient (Wildman–Crippen LogP) is 3.00. The fourth-order valence-corrected chi connectivity index (χ4v) is 2.84. The zero-order chi connectivity index (χ0) is 18.6. The van der Waals surface area contributed by atoms with Gasteiger partial charge in [-0.3, -0.25) is 4.79 Å². The van der Waals surface area contributed by atoms with E-state index in [4.69, 9.17) is 16.3 Å². The predicted molar refractivity (Wildman–Crippen MR) is 98.4 cm³/mol. The van der Waals surface area contributed by atoms with Crippen molar-refractivity contribution in [3.63, 3.8) is 0 Å². The lowest BCUT2D eigenvalue weighted by Gasteiger charge is -2.35. The molecule has 1 fully saturated rings. The highest BCUT2D eigenvalue weighted by atomic mass is 35.5. The molecule has 0 atom stereocenters. The monoisotopic (exact) mass is 367 g/mol. The summed E-state index contributed by atoms with van der Waals surface area (Å²) in [5, 5.41) is 3.30. The third kappa shape index (κ3) is 5.26. The summed E-state index contributed by atoms with van der Waals surface area (Å²) >= 11 is 6.21. The van der Waals surface area contributed by atoms with E-state index in [9.17, 15) is 9.59 Å². The summed E-state index contributed by atoms with van der Waals surface area (Å²) < 4.78 is 5.59. The van der Waals surface area contributed by atoms with E-state index in [1.165, 1.54) is 0 Å². The fraction of sp³-hybridized carbons (Fsp3) is 0.556. The molecule has 2 rings (SSSR count). The van der Waals surface area contributed by atoms with Crippen LogP contribution in [0, 0.1) is 0 Å². The molecular weight excluding hydrogens is 342 g/mol. The van der Waals surface area contributed by atoms with E-state index in [-0.39, 0.29) is 24.1 Å². The molecule has 6 nitrogen and oxygen atoms in total. The second kappa shape index (κ2) is 8.43. The van der Waals surface area contributed by atoms with Crippen LogP contribution in [0.3, 0.4) is 0 Å². The third-order valence-electron chi connectivity index (χ3n) is 3.81. The first-order chi connectivity index (χ1) is 11.8. The molecule has 0 aromatic heterocycles. The molecule has 138 valence electrons. The van der Waals surface area contributed by atoms with Crippen molar-refractivity contribution >= 4 is 23.5 Å². The van der Waals surface area contributed by atoms with Gasteiger partial charge >= 0.3 is 6.03 Å². The molecule has 1 aromatic rings. The lowest BCUT2D eigenvalue weighted by molar-refractivity contribution is 0.0664. The zero-order valence-electron chi connectivity index (χ0n) is 15.2. The van der Waals surface area contributed by atoms with Gasteiger partial charge in [0.1, 0.15) is 5.75 Å². The van der Waals surface area contributed by atoms with Crippen LogP contribution in [0.15, 0.2) is 18.2 Å². The normalized spacial score (nSPS) is 14.8. The first-order valence-corrected chi connectivity index (χ1v) is 8.96. The van der Waals surface area contributed by atoms with Crippen LogP contribution in [-0.2, 0) is 0 Å². The molecule has 0 unspecified atom stereocenters. The summed E-state index contributed by atoms with van der Waals surface area (Å²) in [6.45, 7) is 9.74. The summed E-state index contributed by atoms with van der Waals surface area (Å²) in [4.78, 5) is 28.1. The third-order valence-corrected chi connectivity index (χ3v) is 4.10. The van der Waals surface area contributed by atoms with Crippen LogP contribution >= 0.6 is 11.6 Å². The lowest BCUT2D eigenvalue weighted by Crippen LogP contribution is -2.54. The SMILES string of the molecule is CC(C)NC(=O)N1CCN(C(=O)c2ccc(OC(C)C)c(Cl)c2)CC1. The first kappa shape index (κ1) is 19.4. The van der Waals surface area contributed by atoms with E-state index in [0.29, 0.717) is 42.5 Å². The van der Waals surface area contributed by atoms with Crippen molar-refractivity contribution in [3.8, 4) is 5.75 Å². The number of rotatable bonds is 4. The number of nitrogens with zero attached hydrogens (tertiary/aromatic N) is 2. The van der Waals surface area contributed by atoms with Crippen molar-refractivity contribution < 1.29 is 14.3 Å². The number of benzene rings is 1. The van der Waals surface area contributed by atoms with Crippen molar-refractivity contribution in [3.05, 3.63) is 28.8 Å². The Labute approximate surface area is 154 Å². The van der Waals surface area contributed by atoms with Crippen LogP contribution < -0.4 is 10.1 Å². The molecule has 1 aliphatic heterocycles. The summed E-state index contributed by atoms with van der Waals surface area (Å²) in [6.07, 6.45) is 0.0177. The molecule has 1 aromatic carbocycles. The molecule has 0 aliphatic carbocycles. The number of piperazine rings is 1. The van der Waals surface area contributed by atoms with Crippen LogP contribution in [0.4, 0.5) is 4.79 Å². The van der Waals surface area contributed by atoms with E-state index in [1.807, 2.05) is 27.7 Å². The van der Waals surface area contributed by atoms with Crippen LogP contribution in [0.5, 0.6) is 5.75 Å². The number of ether oxygens (including phenoxy) is 1. The summed E-state index contributed by atoms with van der Waals surface area (Å²) in [5.74, 6) is 0.491. The molecule has 25 heavy (non-hydrogen) atoms. The Kier molecular flexibility index (Phi) is 6.53. The second-order valence-corrected chi connectivity index (χ2v) is 7.10. The lowest BCUT2D eigenvalue weighted by atomic mass is 10.1. The highest BCUT2D eigenvalue weighted by Crippen LogP contribution is 2.27. The number of hydrogen-bond acceptors (Lipinski definition) is 3. The van der Waals surface area contributed by atoms with Crippen LogP contribution in [0.2, 0.25) is 5.02 Å². The van der Waals surface area contributed by atoms with E-state index in [0.717, 1.165) is 0 Å². The van der Waals surface area contributed by atoms with Gasteiger partial charge in [0.15, 0.2) is 0 Å². The Balaban J connectivity index is 1.96. The number of amides is 3. The van der Waals surface area contributed by atoms with Gasteiger partial charge in [0.05, 0.1) is 11.1 Å². The largest absolute Gasteiger partial charge is 0.489 e. The number of hydrogen-bond donors (Lipinski definition) is 1. The molecule has 1 saturated heterocycles. The maximum absolute atomic E-state index is 12.6. The van der Waals surface area contributed by atoms with Crippen LogP contribution in [0.1, 0.15) is 38.1 Å². The van der Waals surface area contributed by atoms with Crippen molar-refractivity contribution in [1.82, 2.24) is 15.1 Å². The summed E-state index contributed by atoms with van der Waals surface area (Å²) in [5.41, 5.74) is 0.529. The highest BCUT2D eigenvalue weighted by Gasteiger charge is 2.25. The first-order valence-electron chi connectivity index (χ1n) is 8.59. The van der Waals surface area contributed by atoms with Crippen LogP contribution in [0.25, 0.3) is 0 Å². The molecule has 1 heterocycles. The van der Waals surface area contributed by atoms with Gasteiger partial charge in [0.2, 0.25) is 0 Å². The topological polar surface area (TPSA) is 61.9 Å². The molecule has 7 heteroatoms. The van der Waals surface area contributed by atoms with Crippen molar-refractivity contribution in [2.45, 2.75) is 39.8 Å². The van der Waals surface area contributed by atoms with Gasteiger partial charge in [-0.1, -0.05) is 11.6 Å². The van der Waals surface area contributed by atoms with Gasteiger partial charge in [-0.15, -0.1) is 0 Å². The van der Waals surface area contributed by atoms with Gasteiger partial charge in [-0.2, -0.15) is 0 Å². The zero-order valence-corrected chi connectivity index (χ0v) is 16.0. The van der Waals surface area contributed by atoms with Crippen molar-refractivity contribution in [2.75, 3.05) is 26.2 Å². The molecule has 0 bridgehead atoms. The van der Waals surface area contributed by atoms with Gasteiger partial charge in [-0.05, 0) is 45.9 Å². The molecule has 3 amide bonds. The molecule has 0 spiro atoms. The number of nitrogens with one attached hydrogen (secondary N) is 1. The second-order valence-electron chi connectivity index (χ2n) is 6.70. The molecule has 1 N–H and O–H groups in total. The van der Waals surface area contributed by atoms with Gasteiger partial charge < -0.3 is 19.9 Å². The van der Waals surface area contributed by atoms with Crippen LogP contribution in [-0.4, -0.2) is 60.1 Å². The van der Waals surface area contributed by atoms with E-state index < -0.39 is 0 Å². The molecule has 0 saturated carbocycles. The van der Waals surface area contributed by atoms with Gasteiger partial charge in [-0.25, -0.2) is 4.79 Å². The Hall–Kier alpha value is -1.95. The average Bonchev–Trinajstić information content (AvgIpc) is 2.55. The minimum absolute atomic E-state index is 0.0177. The minimum atomic E-state index is -0.0830. The Morgan fingerprint density at radius 1 is 1.08 bits per heavy atom. The fourth-order valence-electron chi connectivity index (χ4n) is 2.62. The van der Waals surface area contributed by atoms with Crippen molar-refractivity contribution in [2.24, 2.45) is 0 Å².